The molecule has 0 radical (unpaired) electrons. The Balaban J connectivity index is 1.52. The number of hydrogen-bond donors (Lipinski definition) is 1. The Hall–Kier alpha value is -1.61. The van der Waals surface area contributed by atoms with E-state index in [4.69, 9.17) is 0 Å². The Labute approximate surface area is 117 Å². The Morgan fingerprint density at radius 2 is 2.05 bits per heavy atom. The van der Waals surface area contributed by atoms with Crippen LogP contribution in [-0.2, 0) is 11.2 Å². The van der Waals surface area contributed by atoms with Crippen LogP contribution in [0.2, 0.25) is 0 Å². The highest BCUT2D eigenvalue weighted by molar-refractivity contribution is 7.12. The van der Waals surface area contributed by atoms with Crippen molar-refractivity contribution >= 4 is 17.2 Å². The first kappa shape index (κ1) is 12.4. The molecule has 1 aromatic heterocycles. The number of benzene rings is 1. The Kier molecular flexibility index (Phi) is 3.38. The van der Waals surface area contributed by atoms with Gasteiger partial charge in [-0.15, -0.1) is 11.3 Å². The van der Waals surface area contributed by atoms with E-state index in [-0.39, 0.29) is 5.91 Å². The van der Waals surface area contributed by atoms with Gasteiger partial charge in [-0.05, 0) is 31.0 Å². The maximum atomic E-state index is 11.9. The number of thiophene rings is 1. The quantitative estimate of drug-likeness (QED) is 0.908. The standard InChI is InChI=1S/C16H17NOS/c1-11-7-8-13(19-11)9-16(18)17-15-10-14(15)12-5-3-2-4-6-12/h2-8,14-15H,9-10H2,1H3,(H,17,18). The maximum Gasteiger partial charge on any atom is 0.225 e. The molecular weight excluding hydrogens is 254 g/mol. The van der Waals surface area contributed by atoms with E-state index in [0.29, 0.717) is 18.4 Å². The smallest absolute Gasteiger partial charge is 0.225 e. The van der Waals surface area contributed by atoms with Crippen LogP contribution in [0.1, 0.15) is 27.7 Å². The summed E-state index contributed by atoms with van der Waals surface area (Å²) in [5, 5.41) is 3.13. The van der Waals surface area contributed by atoms with Crippen molar-refractivity contribution in [3.8, 4) is 0 Å². The van der Waals surface area contributed by atoms with E-state index in [2.05, 4.69) is 42.6 Å². The predicted molar refractivity (Wildman–Crippen MR) is 78.5 cm³/mol. The number of aryl methyl sites for hydroxylation is 1. The lowest BCUT2D eigenvalue weighted by atomic mass is 10.1. The van der Waals surface area contributed by atoms with E-state index in [1.54, 1.807) is 11.3 Å². The number of rotatable bonds is 4. The zero-order chi connectivity index (χ0) is 13.2. The molecule has 1 saturated carbocycles. The van der Waals surface area contributed by atoms with E-state index in [1.807, 2.05) is 12.1 Å². The topological polar surface area (TPSA) is 29.1 Å². The van der Waals surface area contributed by atoms with Gasteiger partial charge in [-0.1, -0.05) is 30.3 Å². The first-order chi connectivity index (χ1) is 9.22. The second-order valence-electron chi connectivity index (χ2n) is 5.12. The number of hydrogen-bond acceptors (Lipinski definition) is 2. The fraction of sp³-hybridized carbons (Fsp3) is 0.312. The van der Waals surface area contributed by atoms with Gasteiger partial charge in [0, 0.05) is 21.7 Å². The summed E-state index contributed by atoms with van der Waals surface area (Å²) in [7, 11) is 0. The number of nitrogens with one attached hydrogen (secondary N) is 1. The van der Waals surface area contributed by atoms with Gasteiger partial charge in [-0.25, -0.2) is 0 Å². The van der Waals surface area contributed by atoms with Crippen LogP contribution in [0.5, 0.6) is 0 Å². The molecule has 1 aliphatic rings. The summed E-state index contributed by atoms with van der Waals surface area (Å²) in [6, 6.07) is 14.9. The van der Waals surface area contributed by atoms with Gasteiger partial charge < -0.3 is 5.32 Å². The molecule has 2 unspecified atom stereocenters. The SMILES string of the molecule is Cc1ccc(CC(=O)NC2CC2c2ccccc2)s1. The molecule has 98 valence electrons. The maximum absolute atomic E-state index is 11.9. The number of carbonyl (C=O) groups is 1. The van der Waals surface area contributed by atoms with Gasteiger partial charge in [0.1, 0.15) is 0 Å². The molecule has 3 heteroatoms. The molecule has 1 aliphatic carbocycles. The molecule has 0 spiro atoms. The van der Waals surface area contributed by atoms with Crippen LogP contribution >= 0.6 is 11.3 Å². The molecular formula is C16H17NOS. The van der Waals surface area contributed by atoms with Gasteiger partial charge in [0.2, 0.25) is 5.91 Å². The molecule has 2 atom stereocenters. The van der Waals surface area contributed by atoms with Crippen LogP contribution in [0.25, 0.3) is 0 Å². The van der Waals surface area contributed by atoms with Gasteiger partial charge in [-0.2, -0.15) is 0 Å². The lowest BCUT2D eigenvalue weighted by Gasteiger charge is -2.04. The summed E-state index contributed by atoms with van der Waals surface area (Å²) in [6.07, 6.45) is 1.58. The summed E-state index contributed by atoms with van der Waals surface area (Å²) >= 11 is 1.70. The van der Waals surface area contributed by atoms with Gasteiger partial charge in [0.25, 0.3) is 0 Å². The van der Waals surface area contributed by atoms with E-state index >= 15 is 0 Å². The largest absolute Gasteiger partial charge is 0.352 e. The van der Waals surface area contributed by atoms with E-state index in [0.717, 1.165) is 11.3 Å². The van der Waals surface area contributed by atoms with Crippen molar-refractivity contribution in [3.63, 3.8) is 0 Å². The van der Waals surface area contributed by atoms with Crippen molar-refractivity contribution in [3.05, 3.63) is 57.8 Å². The first-order valence-electron chi connectivity index (χ1n) is 6.62. The second kappa shape index (κ2) is 5.17. The number of carbonyl (C=O) groups excluding carboxylic acids is 1. The molecule has 1 fully saturated rings. The normalized spacial score (nSPS) is 21.1. The third-order valence-electron chi connectivity index (χ3n) is 3.50. The van der Waals surface area contributed by atoms with Gasteiger partial charge in [0.05, 0.1) is 6.42 Å². The summed E-state index contributed by atoms with van der Waals surface area (Å²) in [5.74, 6) is 0.653. The van der Waals surface area contributed by atoms with E-state index in [9.17, 15) is 4.79 Å². The minimum atomic E-state index is 0.144. The molecule has 19 heavy (non-hydrogen) atoms. The van der Waals surface area contributed by atoms with Gasteiger partial charge >= 0.3 is 0 Å². The highest BCUT2D eigenvalue weighted by Gasteiger charge is 2.39. The van der Waals surface area contributed by atoms with E-state index in [1.165, 1.54) is 10.4 Å². The number of amides is 1. The molecule has 0 saturated heterocycles. The average Bonchev–Trinajstić information content (AvgIpc) is 3.05. The minimum absolute atomic E-state index is 0.144. The fourth-order valence-electron chi connectivity index (χ4n) is 2.42. The van der Waals surface area contributed by atoms with Gasteiger partial charge in [-0.3, -0.25) is 4.79 Å². The molecule has 0 aliphatic heterocycles. The third kappa shape index (κ3) is 3.04. The molecule has 1 N–H and O–H groups in total. The van der Waals surface area contributed by atoms with Crippen LogP contribution in [-0.4, -0.2) is 11.9 Å². The summed E-state index contributed by atoms with van der Waals surface area (Å²) < 4.78 is 0. The highest BCUT2D eigenvalue weighted by Crippen LogP contribution is 2.40. The zero-order valence-corrected chi connectivity index (χ0v) is 11.7. The van der Waals surface area contributed by atoms with Crippen LogP contribution < -0.4 is 5.32 Å². The van der Waals surface area contributed by atoms with Crippen molar-refractivity contribution in [1.29, 1.82) is 0 Å². The summed E-state index contributed by atoms with van der Waals surface area (Å²) in [4.78, 5) is 14.4. The van der Waals surface area contributed by atoms with E-state index < -0.39 is 0 Å². The molecule has 1 aromatic carbocycles. The molecule has 0 bridgehead atoms. The molecule has 2 nitrogen and oxygen atoms in total. The van der Waals surface area contributed by atoms with Crippen molar-refractivity contribution in [2.45, 2.75) is 31.7 Å². The summed E-state index contributed by atoms with van der Waals surface area (Å²) in [5.41, 5.74) is 1.33. The lowest BCUT2D eigenvalue weighted by Crippen LogP contribution is -2.27. The fourth-order valence-corrected chi connectivity index (χ4v) is 3.31. The molecule has 1 amide bonds. The summed E-state index contributed by atoms with van der Waals surface area (Å²) in [6.45, 7) is 2.07. The Bertz CT molecular complexity index is 575. The van der Waals surface area contributed by atoms with Crippen LogP contribution in [0, 0.1) is 6.92 Å². The van der Waals surface area contributed by atoms with Gasteiger partial charge in [0.15, 0.2) is 0 Å². The van der Waals surface area contributed by atoms with Crippen LogP contribution in [0.4, 0.5) is 0 Å². The monoisotopic (exact) mass is 271 g/mol. The second-order valence-corrected chi connectivity index (χ2v) is 6.49. The average molecular weight is 271 g/mol. The zero-order valence-electron chi connectivity index (χ0n) is 10.9. The molecule has 2 aromatic rings. The Morgan fingerprint density at radius 3 is 2.74 bits per heavy atom. The molecule has 1 heterocycles. The predicted octanol–water partition coefficient (Wildman–Crippen LogP) is 3.27. The third-order valence-corrected chi connectivity index (χ3v) is 4.50. The van der Waals surface area contributed by atoms with Crippen molar-refractivity contribution < 1.29 is 4.79 Å². The molecule has 3 rings (SSSR count). The highest BCUT2D eigenvalue weighted by atomic mass is 32.1. The van der Waals surface area contributed by atoms with Crippen molar-refractivity contribution in [2.75, 3.05) is 0 Å². The van der Waals surface area contributed by atoms with Crippen LogP contribution in [0.3, 0.4) is 0 Å². The van der Waals surface area contributed by atoms with Crippen molar-refractivity contribution in [1.82, 2.24) is 5.32 Å². The minimum Gasteiger partial charge on any atom is -0.352 e. The van der Waals surface area contributed by atoms with Crippen molar-refractivity contribution in [2.24, 2.45) is 0 Å². The first-order valence-corrected chi connectivity index (χ1v) is 7.43. The lowest BCUT2D eigenvalue weighted by molar-refractivity contribution is -0.120. The Morgan fingerprint density at radius 1 is 1.26 bits per heavy atom. The van der Waals surface area contributed by atoms with Crippen LogP contribution in [0.15, 0.2) is 42.5 Å².